The van der Waals surface area contributed by atoms with E-state index < -0.39 is 0 Å². The van der Waals surface area contributed by atoms with Crippen LogP contribution in [0.4, 0.5) is 0 Å². The molecule has 3 rings (SSSR count). The van der Waals surface area contributed by atoms with E-state index in [9.17, 15) is 0 Å². The molecule has 0 aliphatic carbocycles. The van der Waals surface area contributed by atoms with Crippen molar-refractivity contribution >= 4 is 35.0 Å². The van der Waals surface area contributed by atoms with E-state index in [1.165, 1.54) is 0 Å². The maximum atomic E-state index is 6.20. The zero-order valence-corrected chi connectivity index (χ0v) is 15.3. The number of furan rings is 1. The first-order valence-corrected chi connectivity index (χ1v) is 9.08. The van der Waals surface area contributed by atoms with Crippen molar-refractivity contribution in [3.63, 3.8) is 0 Å². The largest absolute Gasteiger partial charge is 0.455 e. The molecule has 126 valence electrons. The number of halogens is 2. The molecule has 0 spiro atoms. The molecule has 24 heavy (non-hydrogen) atoms. The number of tetrazole rings is 1. The van der Waals surface area contributed by atoms with Crippen LogP contribution >= 0.6 is 35.0 Å². The molecule has 0 fully saturated rings. The van der Waals surface area contributed by atoms with Crippen molar-refractivity contribution in [3.05, 3.63) is 46.1 Å². The number of nitrogens with zero attached hydrogens (tertiary/aromatic N) is 4. The van der Waals surface area contributed by atoms with Gasteiger partial charge in [0.2, 0.25) is 5.16 Å². The second-order valence-electron chi connectivity index (χ2n) is 5.11. The molecule has 0 radical (unpaired) electrons. The predicted octanol–water partition coefficient (Wildman–Crippen LogP) is 2.63. The third-order valence-corrected chi connectivity index (χ3v) is 4.94. The number of hydrogen-bond acceptors (Lipinski definition) is 5. The van der Waals surface area contributed by atoms with E-state index in [0.717, 1.165) is 41.1 Å². The summed E-state index contributed by atoms with van der Waals surface area (Å²) in [4.78, 5) is 0. The van der Waals surface area contributed by atoms with Crippen LogP contribution in [0.1, 0.15) is 5.76 Å². The van der Waals surface area contributed by atoms with Crippen LogP contribution in [-0.4, -0.2) is 32.5 Å². The third-order valence-electron chi connectivity index (χ3n) is 3.34. The summed E-state index contributed by atoms with van der Waals surface area (Å²) in [5.41, 5.74) is 0.806. The first-order valence-electron chi connectivity index (χ1n) is 7.34. The highest BCUT2D eigenvalue weighted by molar-refractivity contribution is 7.99. The van der Waals surface area contributed by atoms with Gasteiger partial charge in [-0.2, -0.15) is 0 Å². The number of quaternary nitrogens is 1. The highest BCUT2D eigenvalue weighted by atomic mass is 35.5. The molecule has 0 unspecified atom stereocenters. The van der Waals surface area contributed by atoms with Crippen molar-refractivity contribution in [2.24, 2.45) is 7.05 Å². The van der Waals surface area contributed by atoms with Crippen molar-refractivity contribution < 1.29 is 9.73 Å². The third kappa shape index (κ3) is 4.30. The SMILES string of the molecule is Cn1nnnc1SCC[NH2+]Cc1ccc(-c2cc(Cl)ccc2Cl)o1. The Morgan fingerprint density at radius 2 is 2.12 bits per heavy atom. The van der Waals surface area contributed by atoms with Gasteiger partial charge < -0.3 is 9.73 Å². The number of benzene rings is 1. The lowest BCUT2D eigenvalue weighted by Gasteiger charge is -2.02. The molecule has 6 nitrogen and oxygen atoms in total. The zero-order valence-electron chi connectivity index (χ0n) is 12.9. The van der Waals surface area contributed by atoms with Gasteiger partial charge in [0.15, 0.2) is 5.76 Å². The Hall–Kier alpha value is -1.54. The number of thioether (sulfide) groups is 1. The summed E-state index contributed by atoms with van der Waals surface area (Å²) in [6.07, 6.45) is 0. The zero-order chi connectivity index (χ0) is 16.9. The molecule has 0 saturated heterocycles. The maximum absolute atomic E-state index is 6.20. The fraction of sp³-hybridized carbons (Fsp3) is 0.267. The molecule has 0 amide bonds. The fourth-order valence-corrected chi connectivity index (χ4v) is 3.31. The van der Waals surface area contributed by atoms with Gasteiger partial charge in [-0.15, -0.1) is 5.10 Å². The number of aromatic nitrogens is 4. The molecule has 0 aliphatic rings. The molecular formula is C15H16Cl2N5OS+. The van der Waals surface area contributed by atoms with E-state index in [-0.39, 0.29) is 0 Å². The van der Waals surface area contributed by atoms with Gasteiger partial charge in [-0.3, -0.25) is 0 Å². The number of hydrogen-bond donors (Lipinski definition) is 1. The fourth-order valence-electron chi connectivity index (χ4n) is 2.14. The molecule has 2 heterocycles. The molecule has 1 aromatic carbocycles. The minimum atomic E-state index is 0.623. The summed E-state index contributed by atoms with van der Waals surface area (Å²) in [6.45, 7) is 1.70. The smallest absolute Gasteiger partial charge is 0.209 e. The minimum Gasteiger partial charge on any atom is -0.455 e. The van der Waals surface area contributed by atoms with Crippen molar-refractivity contribution in [3.8, 4) is 11.3 Å². The Labute approximate surface area is 153 Å². The van der Waals surface area contributed by atoms with Crippen LogP contribution in [0.5, 0.6) is 0 Å². The van der Waals surface area contributed by atoms with Crippen LogP contribution in [0.25, 0.3) is 11.3 Å². The molecule has 3 aromatic rings. The standard InChI is InChI=1S/C15H15Cl2N5OS/c1-22-15(19-20-21-22)24-7-6-18-9-11-3-5-14(23-11)12-8-10(16)2-4-13(12)17/h2-5,8,18H,6-7,9H2,1H3/p+1. The lowest BCUT2D eigenvalue weighted by Crippen LogP contribution is -2.83. The van der Waals surface area contributed by atoms with Gasteiger partial charge in [-0.05, 0) is 40.8 Å². The van der Waals surface area contributed by atoms with E-state index >= 15 is 0 Å². The van der Waals surface area contributed by atoms with Crippen molar-refractivity contribution in [2.75, 3.05) is 12.3 Å². The van der Waals surface area contributed by atoms with Gasteiger partial charge in [0, 0.05) is 17.6 Å². The van der Waals surface area contributed by atoms with E-state index in [1.54, 1.807) is 28.6 Å². The van der Waals surface area contributed by atoms with Crippen molar-refractivity contribution in [1.29, 1.82) is 0 Å². The van der Waals surface area contributed by atoms with E-state index in [0.29, 0.717) is 10.0 Å². The van der Waals surface area contributed by atoms with E-state index in [1.807, 2.05) is 25.2 Å². The van der Waals surface area contributed by atoms with Crippen molar-refractivity contribution in [1.82, 2.24) is 20.2 Å². The van der Waals surface area contributed by atoms with E-state index in [2.05, 4.69) is 20.8 Å². The number of rotatable bonds is 7. The minimum absolute atomic E-state index is 0.623. The normalized spacial score (nSPS) is 11.1. The Bertz CT molecular complexity index is 820. The summed E-state index contributed by atoms with van der Waals surface area (Å²) in [6, 6.07) is 9.21. The van der Waals surface area contributed by atoms with Gasteiger partial charge in [-0.1, -0.05) is 35.0 Å². The molecular weight excluding hydrogens is 369 g/mol. The summed E-state index contributed by atoms with van der Waals surface area (Å²) >= 11 is 13.8. The highest BCUT2D eigenvalue weighted by Gasteiger charge is 2.10. The quantitative estimate of drug-likeness (QED) is 0.500. The van der Waals surface area contributed by atoms with Crippen LogP contribution in [-0.2, 0) is 13.6 Å². The molecule has 2 N–H and O–H groups in total. The molecule has 2 aromatic heterocycles. The molecule has 0 saturated carbocycles. The first-order chi connectivity index (χ1) is 11.6. The van der Waals surface area contributed by atoms with Gasteiger partial charge in [0.1, 0.15) is 12.3 Å². The lowest BCUT2D eigenvalue weighted by molar-refractivity contribution is -0.668. The summed E-state index contributed by atoms with van der Waals surface area (Å²) in [7, 11) is 1.83. The van der Waals surface area contributed by atoms with Gasteiger partial charge >= 0.3 is 0 Å². The average Bonchev–Trinajstić information content (AvgIpc) is 3.19. The monoisotopic (exact) mass is 384 g/mol. The Morgan fingerprint density at radius 1 is 1.25 bits per heavy atom. The molecule has 0 bridgehead atoms. The second kappa shape index (κ2) is 8.02. The van der Waals surface area contributed by atoms with Gasteiger partial charge in [0.25, 0.3) is 0 Å². The number of aryl methyl sites for hydroxylation is 1. The maximum Gasteiger partial charge on any atom is 0.209 e. The molecule has 9 heteroatoms. The van der Waals surface area contributed by atoms with E-state index in [4.69, 9.17) is 27.6 Å². The average molecular weight is 385 g/mol. The van der Waals surface area contributed by atoms with Gasteiger partial charge in [0.05, 0.1) is 17.3 Å². The summed E-state index contributed by atoms with van der Waals surface area (Å²) < 4.78 is 7.52. The topological polar surface area (TPSA) is 73.3 Å². The Balaban J connectivity index is 1.49. The molecule has 0 aliphatic heterocycles. The Kier molecular flexibility index (Phi) is 5.78. The predicted molar refractivity (Wildman–Crippen MR) is 94.2 cm³/mol. The van der Waals surface area contributed by atoms with Gasteiger partial charge in [-0.25, -0.2) is 4.68 Å². The summed E-state index contributed by atoms with van der Waals surface area (Å²) in [5.74, 6) is 2.54. The first kappa shape index (κ1) is 17.3. The number of nitrogens with two attached hydrogens (primary N) is 1. The van der Waals surface area contributed by atoms with Crippen LogP contribution in [0, 0.1) is 0 Å². The lowest BCUT2D eigenvalue weighted by atomic mass is 10.2. The highest BCUT2D eigenvalue weighted by Crippen LogP contribution is 2.31. The van der Waals surface area contributed by atoms with Crippen LogP contribution < -0.4 is 5.32 Å². The van der Waals surface area contributed by atoms with Crippen LogP contribution in [0.15, 0.2) is 39.9 Å². The van der Waals surface area contributed by atoms with Crippen LogP contribution in [0.2, 0.25) is 10.0 Å². The second-order valence-corrected chi connectivity index (χ2v) is 7.01. The molecule has 0 atom stereocenters. The Morgan fingerprint density at radius 3 is 2.92 bits per heavy atom. The van der Waals surface area contributed by atoms with Crippen molar-refractivity contribution in [2.45, 2.75) is 11.7 Å². The summed E-state index contributed by atoms with van der Waals surface area (Å²) in [5, 5.41) is 15.6. The van der Waals surface area contributed by atoms with Crippen LogP contribution in [0.3, 0.4) is 0 Å².